The Bertz CT molecular complexity index is 320. The van der Waals surface area contributed by atoms with Gasteiger partial charge >= 0.3 is 0 Å². The van der Waals surface area contributed by atoms with Gasteiger partial charge in [0, 0.05) is 19.6 Å². The van der Waals surface area contributed by atoms with Crippen molar-refractivity contribution < 1.29 is 0 Å². The van der Waals surface area contributed by atoms with Crippen LogP contribution < -0.4 is 5.32 Å². The van der Waals surface area contributed by atoms with Gasteiger partial charge in [0.2, 0.25) is 0 Å². The number of hydrogen-bond donors (Lipinski definition) is 1. The maximum atomic E-state index is 4.54. The molecule has 0 aromatic carbocycles. The van der Waals surface area contributed by atoms with Crippen LogP contribution in [0.1, 0.15) is 46.0 Å². The lowest BCUT2D eigenvalue weighted by molar-refractivity contribution is 0.375. The van der Waals surface area contributed by atoms with Crippen molar-refractivity contribution in [3.63, 3.8) is 0 Å². The van der Waals surface area contributed by atoms with E-state index in [-0.39, 0.29) is 0 Å². The van der Waals surface area contributed by atoms with E-state index in [1.54, 1.807) is 0 Å². The van der Waals surface area contributed by atoms with Crippen molar-refractivity contribution >= 4 is 0 Å². The van der Waals surface area contributed by atoms with Gasteiger partial charge in [-0.25, -0.2) is 0 Å². The maximum absolute atomic E-state index is 4.54. The molecule has 0 aliphatic heterocycles. The first-order chi connectivity index (χ1) is 7.46. The molecule has 0 amide bonds. The minimum atomic E-state index is 0.338. The van der Waals surface area contributed by atoms with Gasteiger partial charge in [-0.2, -0.15) is 5.10 Å². The van der Waals surface area contributed by atoms with E-state index in [2.05, 4.69) is 55.8 Å². The summed E-state index contributed by atoms with van der Waals surface area (Å²) in [6, 6.07) is 2.21. The Kier molecular flexibility index (Phi) is 4.54. The normalized spacial score (nSPS) is 12.1. The molecule has 0 fully saturated rings. The molecule has 92 valence electrons. The standard InChI is InChI=1S/C13H25N3/c1-6-11-8-12(16(7-2)15-11)9-14-10-13(3,4)5/h8,14H,6-7,9-10H2,1-5H3. The molecule has 3 nitrogen and oxygen atoms in total. The highest BCUT2D eigenvalue weighted by Gasteiger charge is 2.10. The first kappa shape index (κ1) is 13.2. The van der Waals surface area contributed by atoms with Crippen LogP contribution in [0.5, 0.6) is 0 Å². The molecule has 1 heterocycles. The van der Waals surface area contributed by atoms with Crippen LogP contribution in [-0.2, 0) is 19.5 Å². The number of rotatable bonds is 5. The Labute approximate surface area is 99.2 Å². The zero-order valence-corrected chi connectivity index (χ0v) is 11.3. The number of nitrogens with zero attached hydrogens (tertiary/aromatic N) is 2. The Balaban J connectivity index is 2.55. The average molecular weight is 223 g/mol. The molecule has 3 heteroatoms. The van der Waals surface area contributed by atoms with Crippen LogP contribution in [0.25, 0.3) is 0 Å². The molecule has 0 bridgehead atoms. The highest BCUT2D eigenvalue weighted by molar-refractivity contribution is 5.10. The molecular weight excluding hydrogens is 198 g/mol. The first-order valence-electron chi connectivity index (χ1n) is 6.22. The molecule has 1 N–H and O–H groups in total. The summed E-state index contributed by atoms with van der Waals surface area (Å²) in [5.74, 6) is 0. The highest BCUT2D eigenvalue weighted by atomic mass is 15.3. The molecule has 0 saturated carbocycles. The first-order valence-corrected chi connectivity index (χ1v) is 6.22. The highest BCUT2D eigenvalue weighted by Crippen LogP contribution is 2.11. The van der Waals surface area contributed by atoms with Crippen molar-refractivity contribution in [3.05, 3.63) is 17.5 Å². The average Bonchev–Trinajstić information content (AvgIpc) is 2.58. The largest absolute Gasteiger partial charge is 0.311 e. The van der Waals surface area contributed by atoms with E-state index in [4.69, 9.17) is 0 Å². The second-order valence-electron chi connectivity index (χ2n) is 5.46. The van der Waals surface area contributed by atoms with E-state index in [0.717, 1.165) is 26.1 Å². The second-order valence-corrected chi connectivity index (χ2v) is 5.46. The van der Waals surface area contributed by atoms with Crippen LogP contribution in [0.3, 0.4) is 0 Å². The van der Waals surface area contributed by atoms with Crippen molar-refractivity contribution in [1.82, 2.24) is 15.1 Å². The van der Waals surface area contributed by atoms with Crippen LogP contribution in [-0.4, -0.2) is 16.3 Å². The van der Waals surface area contributed by atoms with Crippen molar-refractivity contribution in [2.24, 2.45) is 5.41 Å². The summed E-state index contributed by atoms with van der Waals surface area (Å²) >= 11 is 0. The zero-order chi connectivity index (χ0) is 12.2. The molecule has 0 radical (unpaired) electrons. The zero-order valence-electron chi connectivity index (χ0n) is 11.3. The van der Waals surface area contributed by atoms with E-state index in [9.17, 15) is 0 Å². The molecule has 1 rings (SSSR count). The Morgan fingerprint density at radius 3 is 2.50 bits per heavy atom. The third kappa shape index (κ3) is 3.97. The lowest BCUT2D eigenvalue weighted by atomic mass is 9.97. The third-order valence-corrected chi connectivity index (χ3v) is 2.54. The van der Waals surface area contributed by atoms with Crippen molar-refractivity contribution in [1.29, 1.82) is 0 Å². The SMILES string of the molecule is CCc1cc(CNCC(C)(C)C)n(CC)n1. The van der Waals surface area contributed by atoms with Gasteiger partial charge in [0.1, 0.15) is 0 Å². The lowest BCUT2D eigenvalue weighted by Gasteiger charge is -2.18. The van der Waals surface area contributed by atoms with E-state index >= 15 is 0 Å². The molecule has 16 heavy (non-hydrogen) atoms. The molecular formula is C13H25N3. The number of aryl methyl sites for hydroxylation is 2. The topological polar surface area (TPSA) is 29.9 Å². The smallest absolute Gasteiger partial charge is 0.0625 e. The third-order valence-electron chi connectivity index (χ3n) is 2.54. The predicted molar refractivity (Wildman–Crippen MR) is 68.4 cm³/mol. The monoisotopic (exact) mass is 223 g/mol. The van der Waals surface area contributed by atoms with Crippen molar-refractivity contribution in [2.75, 3.05) is 6.54 Å². The summed E-state index contributed by atoms with van der Waals surface area (Å²) in [6.07, 6.45) is 1.01. The quantitative estimate of drug-likeness (QED) is 0.831. The molecule has 0 saturated heterocycles. The van der Waals surface area contributed by atoms with Crippen LogP contribution in [0, 0.1) is 5.41 Å². The summed E-state index contributed by atoms with van der Waals surface area (Å²) in [7, 11) is 0. The number of aromatic nitrogens is 2. The van der Waals surface area contributed by atoms with Crippen molar-refractivity contribution in [2.45, 2.75) is 54.1 Å². The minimum absolute atomic E-state index is 0.338. The van der Waals surface area contributed by atoms with Crippen LogP contribution in [0.15, 0.2) is 6.07 Å². The summed E-state index contributed by atoms with van der Waals surface area (Å²) in [5, 5.41) is 8.03. The second kappa shape index (κ2) is 5.48. The Morgan fingerprint density at radius 2 is 2.00 bits per heavy atom. The fraction of sp³-hybridized carbons (Fsp3) is 0.769. The van der Waals surface area contributed by atoms with E-state index in [1.165, 1.54) is 11.4 Å². The fourth-order valence-electron chi connectivity index (χ4n) is 1.67. The van der Waals surface area contributed by atoms with E-state index < -0.39 is 0 Å². The van der Waals surface area contributed by atoms with Gasteiger partial charge in [-0.15, -0.1) is 0 Å². The van der Waals surface area contributed by atoms with Gasteiger partial charge in [-0.05, 0) is 24.8 Å². The molecule has 0 spiro atoms. The number of hydrogen-bond acceptors (Lipinski definition) is 2. The van der Waals surface area contributed by atoms with Crippen LogP contribution in [0.4, 0.5) is 0 Å². The van der Waals surface area contributed by atoms with Gasteiger partial charge in [0.05, 0.1) is 11.4 Å². The lowest BCUT2D eigenvalue weighted by Crippen LogP contribution is -2.27. The van der Waals surface area contributed by atoms with Gasteiger partial charge in [-0.3, -0.25) is 4.68 Å². The summed E-state index contributed by atoms with van der Waals surface area (Å²) in [6.45, 7) is 13.9. The molecule has 0 aliphatic carbocycles. The van der Waals surface area contributed by atoms with Crippen LogP contribution >= 0.6 is 0 Å². The Morgan fingerprint density at radius 1 is 1.31 bits per heavy atom. The van der Waals surface area contributed by atoms with E-state index in [0.29, 0.717) is 5.41 Å². The molecule has 0 atom stereocenters. The van der Waals surface area contributed by atoms with Gasteiger partial charge in [0.15, 0.2) is 0 Å². The van der Waals surface area contributed by atoms with Crippen LogP contribution in [0.2, 0.25) is 0 Å². The molecule has 1 aromatic heterocycles. The van der Waals surface area contributed by atoms with Crippen molar-refractivity contribution in [3.8, 4) is 0 Å². The Hall–Kier alpha value is -0.830. The van der Waals surface area contributed by atoms with E-state index in [1.807, 2.05) is 0 Å². The minimum Gasteiger partial charge on any atom is -0.311 e. The summed E-state index contributed by atoms with van der Waals surface area (Å²) < 4.78 is 2.09. The molecule has 1 aromatic rings. The number of nitrogens with one attached hydrogen (secondary N) is 1. The fourth-order valence-corrected chi connectivity index (χ4v) is 1.67. The molecule has 0 aliphatic rings. The molecule has 0 unspecified atom stereocenters. The predicted octanol–water partition coefficient (Wildman–Crippen LogP) is 2.60. The van der Waals surface area contributed by atoms with Gasteiger partial charge in [0.25, 0.3) is 0 Å². The van der Waals surface area contributed by atoms with Gasteiger partial charge in [-0.1, -0.05) is 27.7 Å². The maximum Gasteiger partial charge on any atom is 0.0625 e. The van der Waals surface area contributed by atoms with Gasteiger partial charge < -0.3 is 5.32 Å². The summed E-state index contributed by atoms with van der Waals surface area (Å²) in [4.78, 5) is 0. The summed E-state index contributed by atoms with van der Waals surface area (Å²) in [5.41, 5.74) is 2.82.